The maximum Gasteiger partial charge on any atom is 2.00 e. The van der Waals surface area contributed by atoms with Crippen LogP contribution in [0.4, 0.5) is 0 Å². The molecule has 0 aliphatic heterocycles. The van der Waals surface area contributed by atoms with E-state index < -0.39 is 0 Å². The van der Waals surface area contributed by atoms with Gasteiger partial charge in [0.05, 0.1) is 0 Å². The molecule has 0 aromatic carbocycles. The smallest absolute Gasteiger partial charge is 2.00 e. The fourth-order valence-corrected chi connectivity index (χ4v) is 0. The van der Waals surface area contributed by atoms with E-state index in [0.29, 0.717) is 0 Å². The van der Waals surface area contributed by atoms with Gasteiger partial charge in [-0.2, -0.15) is 0 Å². The molecule has 0 aromatic rings. The Hall–Kier alpha value is 4.24. The van der Waals surface area contributed by atoms with Crippen LogP contribution in [0.15, 0.2) is 0 Å². The Bertz CT molecular complexity index is 6.00. The molecule has 0 N–H and O–H groups in total. The maximum absolute atomic E-state index is 0. The van der Waals surface area contributed by atoms with Gasteiger partial charge in [-0.25, -0.2) is 0 Å². The summed E-state index contributed by atoms with van der Waals surface area (Å²) in [7, 11) is 0. The molecule has 0 bridgehead atoms. The predicted octanol–water partition coefficient (Wildman–Crippen LogP) is -1.15. The van der Waals surface area contributed by atoms with Crippen molar-refractivity contribution in [3.05, 3.63) is 0 Å². The van der Waals surface area contributed by atoms with E-state index in [1.165, 1.54) is 0 Å². The van der Waals surface area contributed by atoms with E-state index in [1.54, 1.807) is 0 Å². The fourth-order valence-electron chi connectivity index (χ4n) is 0. The van der Waals surface area contributed by atoms with Crippen LogP contribution in [-0.2, 0) is 58.4 Å². The minimum absolute atomic E-state index is 0. The molecule has 0 saturated carbocycles. The molecule has 0 atom stereocenters. The van der Waals surface area contributed by atoms with Gasteiger partial charge in [-0.1, -0.05) is 0 Å². The van der Waals surface area contributed by atoms with Crippen LogP contribution in [0.2, 0.25) is 0 Å². The van der Waals surface area contributed by atoms with Gasteiger partial charge in [0.1, 0.15) is 0 Å². The molecule has 0 saturated heterocycles. The summed E-state index contributed by atoms with van der Waals surface area (Å²) >= 11 is 0. The molecular formula is Te3Zn3. The Morgan fingerprint density at radius 1 is 0.333 bits per heavy atom. The van der Waals surface area contributed by atoms with Gasteiger partial charge in [0.25, 0.3) is 0 Å². The van der Waals surface area contributed by atoms with Crippen molar-refractivity contribution in [2.24, 2.45) is 0 Å². The molecule has 0 heterocycles. The summed E-state index contributed by atoms with van der Waals surface area (Å²) in [6.45, 7) is 0. The number of hydrogen-bond acceptors (Lipinski definition) is 0. The molecule has 6 heteroatoms. The van der Waals surface area contributed by atoms with Crippen molar-refractivity contribution < 1.29 is 58.4 Å². The summed E-state index contributed by atoms with van der Waals surface area (Å²) in [6, 6.07) is 0. The van der Waals surface area contributed by atoms with Gasteiger partial charge < -0.3 is 71.0 Å². The van der Waals surface area contributed by atoms with E-state index >= 15 is 0 Å². The second kappa shape index (κ2) is 34.9. The van der Waals surface area contributed by atoms with Crippen molar-refractivity contribution >= 4 is 71.0 Å². The van der Waals surface area contributed by atoms with Gasteiger partial charge >= 0.3 is 58.4 Å². The van der Waals surface area contributed by atoms with E-state index in [9.17, 15) is 0 Å². The molecule has 0 fully saturated rings. The molecule has 0 radical (unpaired) electrons. The first kappa shape index (κ1) is 48.6. The zero-order chi connectivity index (χ0) is 0. The molecule has 24 valence electrons. The summed E-state index contributed by atoms with van der Waals surface area (Å²) in [5.41, 5.74) is 0. The van der Waals surface area contributed by atoms with Crippen molar-refractivity contribution in [3.63, 3.8) is 0 Å². The third-order valence-corrected chi connectivity index (χ3v) is 0. The minimum atomic E-state index is 0. The molecule has 0 amide bonds. The van der Waals surface area contributed by atoms with Crippen LogP contribution in [0.3, 0.4) is 0 Å². The van der Waals surface area contributed by atoms with Crippen LogP contribution in [0.25, 0.3) is 0 Å². The number of rotatable bonds is 0. The summed E-state index contributed by atoms with van der Waals surface area (Å²) in [6.07, 6.45) is 0. The predicted molar refractivity (Wildman–Crippen MR) is 17.3 cm³/mol. The zero-order valence-electron chi connectivity index (χ0n) is 3.35. The van der Waals surface area contributed by atoms with Gasteiger partial charge in [-0.05, 0) is 0 Å². The van der Waals surface area contributed by atoms with Crippen LogP contribution in [0.5, 0.6) is 0 Å². The summed E-state index contributed by atoms with van der Waals surface area (Å²) in [5.74, 6) is 0. The second-order valence-electron chi connectivity index (χ2n) is 0. The normalized spacial score (nSPS) is 0. The SMILES string of the molecule is [Te-2].[Te-2].[Te-2].[Zn+2].[Zn+2].[Zn+2]. The standard InChI is InChI=1S/3Te.3Zn/q3*-2;3*+2. The average molecular weight is 579 g/mol. The first-order chi connectivity index (χ1) is 0. The summed E-state index contributed by atoms with van der Waals surface area (Å²) < 4.78 is 0. The summed E-state index contributed by atoms with van der Waals surface area (Å²) in [4.78, 5) is 0. The Balaban J connectivity index is 0. The van der Waals surface area contributed by atoms with Crippen LogP contribution >= 0.6 is 0 Å². The molecule has 0 unspecified atom stereocenters. The second-order valence-corrected chi connectivity index (χ2v) is 0. The Labute approximate surface area is 127 Å². The van der Waals surface area contributed by atoms with Crippen molar-refractivity contribution in [1.82, 2.24) is 0 Å². The monoisotopic (exact) mass is 582 g/mol. The Kier molecular flexibility index (Phi) is 283. The minimum Gasteiger partial charge on any atom is -2.00 e. The van der Waals surface area contributed by atoms with E-state index in [-0.39, 0.29) is 129 Å². The molecule has 0 aliphatic carbocycles. The molecule has 0 aromatic heterocycles. The fraction of sp³-hybridized carbons (Fsp3) is 0. The zero-order valence-corrected chi connectivity index (χ0v) is 19.2. The number of hydrogen-bond donors (Lipinski definition) is 0. The van der Waals surface area contributed by atoms with Crippen molar-refractivity contribution in [3.8, 4) is 0 Å². The van der Waals surface area contributed by atoms with Crippen molar-refractivity contribution in [2.45, 2.75) is 0 Å². The van der Waals surface area contributed by atoms with Gasteiger partial charge in [0.15, 0.2) is 0 Å². The van der Waals surface area contributed by atoms with Crippen LogP contribution in [-0.4, -0.2) is 71.0 Å². The summed E-state index contributed by atoms with van der Waals surface area (Å²) in [5, 5.41) is 0. The van der Waals surface area contributed by atoms with E-state index in [1.807, 2.05) is 0 Å². The molecule has 0 nitrogen and oxygen atoms in total. The average Bonchev–Trinajstić information content (AvgIpc) is 0. The van der Waals surface area contributed by atoms with Crippen LogP contribution in [0, 0.1) is 0 Å². The molecule has 0 spiro atoms. The van der Waals surface area contributed by atoms with Crippen LogP contribution < -0.4 is 0 Å². The Morgan fingerprint density at radius 2 is 0.333 bits per heavy atom. The molecule has 0 rings (SSSR count). The molecule has 6 heavy (non-hydrogen) atoms. The quantitative estimate of drug-likeness (QED) is 0.319. The first-order valence-electron chi connectivity index (χ1n) is 0. The first-order valence-corrected chi connectivity index (χ1v) is 0. The third kappa shape index (κ3) is 24.0. The van der Waals surface area contributed by atoms with Crippen LogP contribution in [0.1, 0.15) is 0 Å². The van der Waals surface area contributed by atoms with Crippen molar-refractivity contribution in [1.29, 1.82) is 0 Å². The van der Waals surface area contributed by atoms with Gasteiger partial charge in [0, 0.05) is 0 Å². The van der Waals surface area contributed by atoms with Gasteiger partial charge in [-0.3, -0.25) is 0 Å². The van der Waals surface area contributed by atoms with E-state index in [2.05, 4.69) is 0 Å². The molecule has 0 aliphatic rings. The maximum atomic E-state index is 0. The van der Waals surface area contributed by atoms with Crippen molar-refractivity contribution in [2.75, 3.05) is 0 Å². The van der Waals surface area contributed by atoms with E-state index in [4.69, 9.17) is 0 Å². The topological polar surface area (TPSA) is 0 Å². The largest absolute Gasteiger partial charge is 2.00 e. The van der Waals surface area contributed by atoms with E-state index in [0.717, 1.165) is 0 Å². The molecular weight excluding hydrogens is 579 g/mol. The van der Waals surface area contributed by atoms with Gasteiger partial charge in [0.2, 0.25) is 0 Å². The van der Waals surface area contributed by atoms with Gasteiger partial charge in [-0.15, -0.1) is 0 Å². The Morgan fingerprint density at radius 3 is 0.333 bits per heavy atom. The third-order valence-electron chi connectivity index (χ3n) is 0.